The maximum Gasteiger partial charge on any atom is 0.134 e. The second-order valence-electron chi connectivity index (χ2n) is 5.86. The lowest BCUT2D eigenvalue weighted by Crippen LogP contribution is -2.30. The number of benzene rings is 2. The predicted octanol–water partition coefficient (Wildman–Crippen LogP) is 3.77. The molecule has 22 heavy (non-hydrogen) atoms. The minimum atomic E-state index is 0.888. The topological polar surface area (TPSA) is 42.1 Å². The van der Waals surface area contributed by atoms with Gasteiger partial charge in [-0.05, 0) is 24.5 Å². The predicted molar refractivity (Wildman–Crippen MR) is 92.0 cm³/mol. The molecular formula is C19H19N3. The van der Waals surface area contributed by atoms with E-state index in [9.17, 15) is 0 Å². The lowest BCUT2D eigenvalue weighted by molar-refractivity contribution is 0.682. The van der Waals surface area contributed by atoms with Gasteiger partial charge in [0.2, 0.25) is 0 Å². The zero-order valence-electron chi connectivity index (χ0n) is 12.5. The van der Waals surface area contributed by atoms with Crippen LogP contribution in [0.2, 0.25) is 0 Å². The highest BCUT2D eigenvalue weighted by Crippen LogP contribution is 2.35. The van der Waals surface area contributed by atoms with Crippen molar-refractivity contribution in [1.82, 2.24) is 4.98 Å². The van der Waals surface area contributed by atoms with Gasteiger partial charge in [-0.3, -0.25) is 0 Å². The first kappa shape index (κ1) is 13.1. The van der Waals surface area contributed by atoms with Gasteiger partial charge in [0.15, 0.2) is 0 Å². The van der Waals surface area contributed by atoms with Gasteiger partial charge in [0.1, 0.15) is 5.82 Å². The van der Waals surface area contributed by atoms with Crippen molar-refractivity contribution in [3.63, 3.8) is 0 Å². The molecule has 0 radical (unpaired) electrons. The van der Waals surface area contributed by atoms with Crippen molar-refractivity contribution in [2.24, 2.45) is 0 Å². The van der Waals surface area contributed by atoms with E-state index in [2.05, 4.69) is 41.3 Å². The Bertz CT molecular complexity index is 812. The Morgan fingerprint density at radius 1 is 1.00 bits per heavy atom. The fourth-order valence-corrected chi connectivity index (χ4v) is 3.28. The van der Waals surface area contributed by atoms with E-state index >= 15 is 0 Å². The Hall–Kier alpha value is -2.55. The van der Waals surface area contributed by atoms with Crippen LogP contribution < -0.4 is 10.6 Å². The summed E-state index contributed by atoms with van der Waals surface area (Å²) in [6.07, 6.45) is 2.15. The Kier molecular flexibility index (Phi) is 3.19. The molecule has 0 saturated heterocycles. The number of rotatable bonds is 2. The van der Waals surface area contributed by atoms with Gasteiger partial charge < -0.3 is 10.6 Å². The van der Waals surface area contributed by atoms with Crippen LogP contribution in [0.1, 0.15) is 17.5 Å². The van der Waals surface area contributed by atoms with Gasteiger partial charge in [-0.2, -0.15) is 0 Å². The summed E-state index contributed by atoms with van der Waals surface area (Å²) < 4.78 is 0. The van der Waals surface area contributed by atoms with Crippen molar-refractivity contribution in [3.05, 3.63) is 65.7 Å². The fraction of sp³-hybridized carbons (Fsp3) is 0.211. The van der Waals surface area contributed by atoms with Gasteiger partial charge >= 0.3 is 0 Å². The van der Waals surface area contributed by atoms with Crippen LogP contribution in [0.4, 0.5) is 11.5 Å². The molecule has 1 aliphatic rings. The lowest BCUT2D eigenvalue weighted by atomic mass is 10.00. The fourth-order valence-electron chi connectivity index (χ4n) is 3.28. The number of aromatic nitrogens is 1. The first-order valence-corrected chi connectivity index (χ1v) is 7.79. The van der Waals surface area contributed by atoms with Crippen LogP contribution in [-0.2, 0) is 13.0 Å². The molecular weight excluding hydrogens is 270 g/mol. The summed E-state index contributed by atoms with van der Waals surface area (Å²) in [7, 11) is 0. The van der Waals surface area contributed by atoms with Crippen LogP contribution in [0, 0.1) is 0 Å². The summed E-state index contributed by atoms with van der Waals surface area (Å²) >= 11 is 0. The van der Waals surface area contributed by atoms with Crippen LogP contribution >= 0.6 is 0 Å². The molecule has 3 aromatic rings. The summed E-state index contributed by atoms with van der Waals surface area (Å²) in [5.74, 6) is 1.06. The summed E-state index contributed by atoms with van der Waals surface area (Å²) in [6, 6.07) is 18.7. The third kappa shape index (κ3) is 2.19. The lowest BCUT2D eigenvalue weighted by Gasteiger charge is -2.31. The molecule has 0 atom stereocenters. The maximum absolute atomic E-state index is 6.43. The quantitative estimate of drug-likeness (QED) is 0.781. The third-order valence-electron chi connectivity index (χ3n) is 4.39. The van der Waals surface area contributed by atoms with Crippen molar-refractivity contribution in [1.29, 1.82) is 0 Å². The number of pyridine rings is 1. The van der Waals surface area contributed by atoms with Crippen molar-refractivity contribution in [2.45, 2.75) is 19.4 Å². The van der Waals surface area contributed by atoms with Gasteiger partial charge in [0.05, 0.1) is 5.52 Å². The summed E-state index contributed by atoms with van der Waals surface area (Å²) in [5, 5.41) is 1.07. The van der Waals surface area contributed by atoms with E-state index in [4.69, 9.17) is 10.7 Å². The summed E-state index contributed by atoms with van der Waals surface area (Å²) in [5.41, 5.74) is 10.8. The first-order chi connectivity index (χ1) is 10.8. The molecule has 0 fully saturated rings. The molecule has 0 bridgehead atoms. The highest BCUT2D eigenvalue weighted by Gasteiger charge is 2.22. The Morgan fingerprint density at radius 2 is 1.77 bits per heavy atom. The molecule has 110 valence electrons. The van der Waals surface area contributed by atoms with Crippen LogP contribution in [-0.4, -0.2) is 11.5 Å². The van der Waals surface area contributed by atoms with Crippen molar-refractivity contribution >= 4 is 22.4 Å². The van der Waals surface area contributed by atoms with E-state index in [0.29, 0.717) is 0 Å². The second-order valence-corrected chi connectivity index (χ2v) is 5.86. The van der Waals surface area contributed by atoms with E-state index in [1.165, 1.54) is 11.1 Å². The molecule has 4 rings (SSSR count). The van der Waals surface area contributed by atoms with Crippen molar-refractivity contribution < 1.29 is 0 Å². The van der Waals surface area contributed by atoms with Crippen molar-refractivity contribution in [3.8, 4) is 0 Å². The number of fused-ring (bicyclic) bond motifs is 2. The summed E-state index contributed by atoms with van der Waals surface area (Å²) in [4.78, 5) is 7.26. The smallest absolute Gasteiger partial charge is 0.134 e. The molecule has 0 aliphatic carbocycles. The van der Waals surface area contributed by atoms with Crippen LogP contribution in [0.5, 0.6) is 0 Å². The number of para-hydroxylation sites is 1. The van der Waals surface area contributed by atoms with E-state index in [1.807, 2.05) is 18.2 Å². The Balaban J connectivity index is 1.80. The molecule has 2 aromatic carbocycles. The average Bonchev–Trinajstić information content (AvgIpc) is 2.57. The van der Waals surface area contributed by atoms with Gasteiger partial charge in [0, 0.05) is 29.7 Å². The molecule has 1 aliphatic heterocycles. The minimum absolute atomic E-state index is 0.888. The highest BCUT2D eigenvalue weighted by atomic mass is 15.2. The Morgan fingerprint density at radius 3 is 2.64 bits per heavy atom. The highest BCUT2D eigenvalue weighted by molar-refractivity contribution is 5.94. The summed E-state index contributed by atoms with van der Waals surface area (Å²) in [6.45, 7) is 1.92. The molecule has 2 N–H and O–H groups in total. The van der Waals surface area contributed by atoms with Gasteiger partial charge in [-0.1, -0.05) is 48.5 Å². The standard InChI is InChI=1S/C19H19N3/c20-18-15-9-4-5-11-17(15)21-19-16(18)10-6-12-22(19)13-14-7-2-1-3-8-14/h1-5,7-9,11H,6,10,12-13H2,(H2,20,21). The zero-order chi connectivity index (χ0) is 14.9. The van der Waals surface area contributed by atoms with Gasteiger partial charge in [-0.25, -0.2) is 4.98 Å². The molecule has 1 aromatic heterocycles. The normalized spacial score (nSPS) is 14.1. The number of nitrogens with two attached hydrogens (primary N) is 1. The van der Waals surface area contributed by atoms with E-state index < -0.39 is 0 Å². The SMILES string of the molecule is Nc1c2c(nc3ccccc13)N(Cc1ccccc1)CCC2. The van der Waals surface area contributed by atoms with E-state index in [0.717, 1.165) is 48.3 Å². The Labute approximate surface area is 130 Å². The average molecular weight is 289 g/mol. The maximum atomic E-state index is 6.43. The monoisotopic (exact) mass is 289 g/mol. The van der Waals surface area contributed by atoms with Gasteiger partial charge in [0.25, 0.3) is 0 Å². The van der Waals surface area contributed by atoms with Crippen LogP contribution in [0.3, 0.4) is 0 Å². The molecule has 3 heteroatoms. The molecule has 0 saturated carbocycles. The molecule has 0 spiro atoms. The van der Waals surface area contributed by atoms with Crippen LogP contribution in [0.25, 0.3) is 10.9 Å². The number of hydrogen-bond acceptors (Lipinski definition) is 3. The van der Waals surface area contributed by atoms with Gasteiger partial charge in [-0.15, -0.1) is 0 Å². The van der Waals surface area contributed by atoms with Crippen LogP contribution in [0.15, 0.2) is 54.6 Å². The molecule has 0 amide bonds. The number of nitrogen functional groups attached to an aromatic ring is 1. The number of anilines is 2. The van der Waals surface area contributed by atoms with Crippen molar-refractivity contribution in [2.75, 3.05) is 17.2 Å². The second kappa shape index (κ2) is 5.34. The van der Waals surface area contributed by atoms with E-state index in [1.54, 1.807) is 0 Å². The first-order valence-electron chi connectivity index (χ1n) is 7.79. The zero-order valence-corrected chi connectivity index (χ0v) is 12.5. The third-order valence-corrected chi connectivity index (χ3v) is 4.39. The number of hydrogen-bond donors (Lipinski definition) is 1. The molecule has 0 unspecified atom stereocenters. The molecule has 3 nitrogen and oxygen atoms in total. The van der Waals surface area contributed by atoms with E-state index in [-0.39, 0.29) is 0 Å². The largest absolute Gasteiger partial charge is 0.398 e. The molecule has 2 heterocycles. The number of nitrogens with zero attached hydrogens (tertiary/aromatic N) is 2. The minimum Gasteiger partial charge on any atom is -0.398 e.